The van der Waals surface area contributed by atoms with Crippen molar-refractivity contribution in [1.82, 2.24) is 0 Å². The van der Waals surface area contributed by atoms with Gasteiger partial charge in [0, 0.05) is 13.0 Å². The third kappa shape index (κ3) is 225. The first kappa shape index (κ1) is 38.0. The zero-order chi connectivity index (χ0) is 20.2. The molecule has 0 amide bonds. The molecule has 0 radical (unpaired) electrons. The first-order valence-electron chi connectivity index (χ1n) is 4.36. The Bertz CT molecular complexity index is 146. The molecular formula is C7H9Cl15O. The maximum atomic E-state index is 8.15. The first-order valence-corrected chi connectivity index (χ1v) is 10.7. The average Bonchev–Trinajstić information content (AvgIpc) is 2.09. The summed E-state index contributed by atoms with van der Waals surface area (Å²) in [5, 5.41) is 8.15. The van der Waals surface area contributed by atoms with Gasteiger partial charge in [-0.25, -0.2) is 0 Å². The SMILES string of the molecule is ClC(Cl)Cl.ClC(Cl)Cl.ClC(Cl)Cl.ClC(Cl)Cl.OCCC(Cl)(Cl)Cl. The lowest BCUT2D eigenvalue weighted by Gasteiger charge is -2.05. The summed E-state index contributed by atoms with van der Waals surface area (Å²) in [6.45, 7) is -0.0868. The summed E-state index contributed by atoms with van der Waals surface area (Å²) in [7, 11) is 0. The standard InChI is InChI=1S/C3H5Cl3O.4CHCl3/c4-3(5,6)1-2-7;4*2-1(3)4/h7H,1-2H2;4*1H. The second-order valence-electron chi connectivity index (χ2n) is 2.08. The van der Waals surface area contributed by atoms with Crippen molar-refractivity contribution in [2.45, 2.75) is 27.4 Å². The number of aliphatic hydroxyl groups is 1. The number of halogens is 15. The summed E-state index contributed by atoms with van der Waals surface area (Å²) in [5.41, 5.74) is 0. The van der Waals surface area contributed by atoms with Crippen LogP contribution in [0.1, 0.15) is 6.42 Å². The fourth-order valence-corrected chi connectivity index (χ4v) is 0.380. The smallest absolute Gasteiger partial charge is 0.192 e. The normalized spacial score (nSPS) is 9.91. The number of rotatable bonds is 1. The van der Waals surface area contributed by atoms with Gasteiger partial charge in [-0.2, -0.15) is 0 Å². The number of aliphatic hydroxyl groups excluding tert-OH is 1. The fraction of sp³-hybridized carbons (Fsp3) is 1.00. The minimum Gasteiger partial charge on any atom is -0.396 e. The van der Waals surface area contributed by atoms with E-state index in [1.807, 2.05) is 0 Å². The van der Waals surface area contributed by atoms with Gasteiger partial charge < -0.3 is 5.11 Å². The van der Waals surface area contributed by atoms with E-state index in [-0.39, 0.29) is 13.0 Å². The number of hydrogen-bond acceptors (Lipinski definition) is 1. The monoisotopic (exact) mass is 634 g/mol. The van der Waals surface area contributed by atoms with Crippen LogP contribution in [0.25, 0.3) is 0 Å². The molecule has 0 aromatic heterocycles. The highest BCUT2D eigenvalue weighted by Crippen LogP contribution is 2.28. The second-order valence-corrected chi connectivity index (χ2v) is 12.5. The highest BCUT2D eigenvalue weighted by molar-refractivity contribution is 6.67. The molecular weight excluding hydrogens is 632 g/mol. The van der Waals surface area contributed by atoms with Crippen LogP contribution in [0, 0.1) is 0 Å². The maximum Gasteiger partial charge on any atom is 0.192 e. The van der Waals surface area contributed by atoms with Crippen molar-refractivity contribution in [2.24, 2.45) is 0 Å². The summed E-state index contributed by atoms with van der Waals surface area (Å²) in [4.78, 5) is 0. The molecule has 0 saturated carbocycles. The summed E-state index contributed by atoms with van der Waals surface area (Å²) in [5.74, 6) is 0. The Balaban J connectivity index is -0.0000000604. The minimum atomic E-state index is -1.28. The van der Waals surface area contributed by atoms with E-state index in [0.717, 1.165) is 0 Å². The van der Waals surface area contributed by atoms with Crippen molar-refractivity contribution in [3.63, 3.8) is 0 Å². The van der Waals surface area contributed by atoms with E-state index in [2.05, 4.69) is 0 Å². The third-order valence-electron chi connectivity index (χ3n) is 0.395. The van der Waals surface area contributed by atoms with E-state index in [0.29, 0.717) is 0 Å². The van der Waals surface area contributed by atoms with Crippen LogP contribution in [-0.2, 0) is 0 Å². The average molecular weight is 641 g/mol. The molecule has 0 atom stereocenters. The predicted octanol–water partition coefficient (Wildman–Crippen LogP) is 9.68. The lowest BCUT2D eigenvalue weighted by Crippen LogP contribution is -2.03. The summed E-state index contributed by atoms with van der Waals surface area (Å²) in [6, 6.07) is 0. The fourth-order valence-electron chi connectivity index (χ4n) is 0.127. The van der Waals surface area contributed by atoms with Gasteiger partial charge in [0.05, 0.1) is 0 Å². The van der Waals surface area contributed by atoms with Gasteiger partial charge in [-0.1, -0.05) is 174 Å². The second kappa shape index (κ2) is 28.5. The Morgan fingerprint density at radius 3 is 0.652 bits per heavy atom. The Hall–Kier alpha value is 4.31. The van der Waals surface area contributed by atoms with Gasteiger partial charge in [0.15, 0.2) is 21.0 Å². The van der Waals surface area contributed by atoms with E-state index in [9.17, 15) is 0 Å². The molecule has 1 nitrogen and oxygen atoms in total. The molecule has 0 aliphatic carbocycles. The largest absolute Gasteiger partial charge is 0.396 e. The minimum absolute atomic E-state index is 0.0868. The van der Waals surface area contributed by atoms with E-state index >= 15 is 0 Å². The summed E-state index contributed by atoms with van der Waals surface area (Å²) < 4.78 is -4.28. The Kier molecular flexibility index (Phi) is 47.1. The Morgan fingerprint density at radius 1 is 0.522 bits per heavy atom. The van der Waals surface area contributed by atoms with Crippen molar-refractivity contribution in [3.8, 4) is 0 Å². The highest BCUT2D eigenvalue weighted by atomic mass is 35.6. The molecule has 0 heterocycles. The van der Waals surface area contributed by atoms with Crippen LogP contribution < -0.4 is 0 Å². The van der Waals surface area contributed by atoms with Gasteiger partial charge >= 0.3 is 0 Å². The van der Waals surface area contributed by atoms with E-state index in [4.69, 9.17) is 179 Å². The molecule has 0 rings (SSSR count). The molecule has 23 heavy (non-hydrogen) atoms. The van der Waals surface area contributed by atoms with Gasteiger partial charge in [0.2, 0.25) is 0 Å². The predicted molar refractivity (Wildman–Crippen MR) is 117 cm³/mol. The Morgan fingerprint density at radius 2 is 0.652 bits per heavy atom. The molecule has 1 N–H and O–H groups in total. The zero-order valence-corrected chi connectivity index (χ0v) is 21.7. The van der Waals surface area contributed by atoms with Crippen molar-refractivity contribution in [2.75, 3.05) is 6.61 Å². The van der Waals surface area contributed by atoms with Crippen LogP contribution in [0.4, 0.5) is 0 Å². The summed E-state index contributed by atoms with van der Waals surface area (Å²) in [6.07, 6.45) is 0.192. The summed E-state index contributed by atoms with van der Waals surface area (Å²) >= 11 is 73.3. The van der Waals surface area contributed by atoms with Gasteiger partial charge in [-0.3, -0.25) is 0 Å². The topological polar surface area (TPSA) is 20.2 Å². The van der Waals surface area contributed by atoms with Crippen LogP contribution in [-0.4, -0.2) is 32.7 Å². The third-order valence-corrected chi connectivity index (χ3v) is 0.962. The van der Waals surface area contributed by atoms with Crippen LogP contribution in [0.2, 0.25) is 0 Å². The van der Waals surface area contributed by atoms with E-state index < -0.39 is 21.0 Å². The molecule has 0 aliphatic rings. The van der Waals surface area contributed by atoms with Gasteiger partial charge in [0.1, 0.15) is 0 Å². The molecule has 0 bridgehead atoms. The molecule has 16 heteroatoms. The molecule has 0 aliphatic heterocycles. The van der Waals surface area contributed by atoms with Crippen LogP contribution >= 0.6 is 174 Å². The quantitative estimate of drug-likeness (QED) is 0.283. The molecule has 0 aromatic rings. The lowest BCUT2D eigenvalue weighted by atomic mass is 10.5. The van der Waals surface area contributed by atoms with Crippen molar-refractivity contribution < 1.29 is 5.11 Å². The van der Waals surface area contributed by atoms with Crippen LogP contribution in [0.15, 0.2) is 0 Å². The van der Waals surface area contributed by atoms with Crippen molar-refractivity contribution in [3.05, 3.63) is 0 Å². The van der Waals surface area contributed by atoms with E-state index in [1.165, 1.54) is 0 Å². The maximum absolute atomic E-state index is 8.15. The molecule has 0 unspecified atom stereocenters. The molecule has 0 spiro atoms. The molecule has 0 saturated heterocycles. The highest BCUT2D eigenvalue weighted by Gasteiger charge is 2.17. The van der Waals surface area contributed by atoms with Crippen LogP contribution in [0.5, 0.6) is 0 Å². The zero-order valence-electron chi connectivity index (χ0n) is 10.3. The number of hydrogen-bond donors (Lipinski definition) is 1. The Labute approximate surface area is 210 Å². The lowest BCUT2D eigenvalue weighted by molar-refractivity contribution is 0.290. The molecule has 0 aromatic carbocycles. The van der Waals surface area contributed by atoms with Crippen molar-refractivity contribution >= 4 is 174 Å². The van der Waals surface area contributed by atoms with E-state index in [1.54, 1.807) is 0 Å². The first-order chi connectivity index (χ1) is 9.99. The molecule has 148 valence electrons. The van der Waals surface area contributed by atoms with Gasteiger partial charge in [-0.05, 0) is 0 Å². The van der Waals surface area contributed by atoms with Crippen molar-refractivity contribution in [1.29, 1.82) is 0 Å². The number of alkyl halides is 15. The van der Waals surface area contributed by atoms with Crippen LogP contribution in [0.3, 0.4) is 0 Å². The van der Waals surface area contributed by atoms with Gasteiger partial charge in [0.25, 0.3) is 0 Å². The molecule has 0 fully saturated rings. The van der Waals surface area contributed by atoms with Gasteiger partial charge in [-0.15, -0.1) is 0 Å².